The molecule has 150 valence electrons. The Morgan fingerprint density at radius 2 is 1.93 bits per heavy atom. The van der Waals surface area contributed by atoms with Gasteiger partial charge in [-0.2, -0.15) is 5.10 Å². The molecule has 1 aromatic heterocycles. The number of benzene rings is 1. The maximum Gasteiger partial charge on any atom is 0.244 e. The molecule has 8 nitrogen and oxygen atoms in total. The minimum atomic E-state index is -0.663. The lowest BCUT2D eigenvalue weighted by Gasteiger charge is -2.35. The van der Waals surface area contributed by atoms with Gasteiger partial charge in [0.1, 0.15) is 6.54 Å². The molecular formula is C20H27N5O3. The van der Waals surface area contributed by atoms with Gasteiger partial charge in [-0.25, -0.2) is 0 Å². The zero-order chi connectivity index (χ0) is 20.1. The lowest BCUT2D eigenvalue weighted by molar-refractivity contribution is -0.144. The van der Waals surface area contributed by atoms with Crippen molar-refractivity contribution < 1.29 is 14.3 Å². The van der Waals surface area contributed by atoms with Gasteiger partial charge >= 0.3 is 0 Å². The lowest BCUT2D eigenvalue weighted by atomic mass is 10.1. The smallest absolute Gasteiger partial charge is 0.244 e. The number of hydrogen-bond donors (Lipinski definition) is 2. The van der Waals surface area contributed by atoms with Crippen molar-refractivity contribution in [2.24, 2.45) is 5.73 Å². The minimum absolute atomic E-state index is 0.0197. The number of nitrogens with one attached hydrogen (secondary N) is 1. The van der Waals surface area contributed by atoms with Crippen molar-refractivity contribution in [1.29, 1.82) is 0 Å². The van der Waals surface area contributed by atoms with Crippen molar-refractivity contribution in [2.45, 2.75) is 45.1 Å². The molecule has 8 heteroatoms. The highest BCUT2D eigenvalue weighted by Gasteiger charge is 2.26. The monoisotopic (exact) mass is 385 g/mol. The Kier molecular flexibility index (Phi) is 6.43. The molecule has 0 bridgehead atoms. The highest BCUT2D eigenvalue weighted by Crippen LogP contribution is 2.12. The second-order valence-corrected chi connectivity index (χ2v) is 7.27. The molecule has 2 amide bonds. The van der Waals surface area contributed by atoms with E-state index in [-0.39, 0.29) is 30.6 Å². The zero-order valence-electron chi connectivity index (χ0n) is 16.2. The van der Waals surface area contributed by atoms with E-state index in [2.05, 4.69) is 10.4 Å². The Bertz CT molecular complexity index is 797. The standard InChI is InChI=1S/C20H27N5O3/c1-14-10-24(11-15(2)28-14)19(26)13-25-12-17(9-22-25)23-20(27)18(21)8-16-6-4-3-5-7-16/h3-7,9,12,14-15,18H,8,10-11,13,21H2,1-2H3,(H,23,27)/t14?,15?,18-/m0/s1. The highest BCUT2D eigenvalue weighted by atomic mass is 16.5. The van der Waals surface area contributed by atoms with Gasteiger partial charge in [0, 0.05) is 19.3 Å². The normalized spacial score (nSPS) is 20.6. The summed E-state index contributed by atoms with van der Waals surface area (Å²) in [4.78, 5) is 26.6. The van der Waals surface area contributed by atoms with Gasteiger partial charge < -0.3 is 20.7 Å². The Balaban J connectivity index is 1.52. The van der Waals surface area contributed by atoms with Crippen LogP contribution in [0.1, 0.15) is 19.4 Å². The van der Waals surface area contributed by atoms with E-state index in [0.29, 0.717) is 25.2 Å². The fourth-order valence-corrected chi connectivity index (χ4v) is 3.33. The van der Waals surface area contributed by atoms with Crippen molar-refractivity contribution >= 4 is 17.5 Å². The zero-order valence-corrected chi connectivity index (χ0v) is 16.2. The Hall–Kier alpha value is -2.71. The molecule has 2 aromatic rings. The van der Waals surface area contributed by atoms with Crippen LogP contribution < -0.4 is 11.1 Å². The van der Waals surface area contributed by atoms with Crippen LogP contribution in [0.4, 0.5) is 5.69 Å². The summed E-state index contributed by atoms with van der Waals surface area (Å²) in [6.07, 6.45) is 3.65. The van der Waals surface area contributed by atoms with Crippen LogP contribution in [0.5, 0.6) is 0 Å². The van der Waals surface area contributed by atoms with E-state index in [1.807, 2.05) is 44.2 Å². The predicted octanol–water partition coefficient (Wildman–Crippen LogP) is 1.03. The number of amides is 2. The summed E-state index contributed by atoms with van der Waals surface area (Å²) < 4.78 is 7.17. The SMILES string of the molecule is CC1CN(C(=O)Cn2cc(NC(=O)[C@@H](N)Cc3ccccc3)cn2)CC(C)O1. The molecule has 28 heavy (non-hydrogen) atoms. The molecule has 0 radical (unpaired) electrons. The summed E-state index contributed by atoms with van der Waals surface area (Å²) in [6, 6.07) is 8.95. The van der Waals surface area contributed by atoms with Crippen molar-refractivity contribution in [3.63, 3.8) is 0 Å². The average Bonchev–Trinajstić information content (AvgIpc) is 3.08. The number of aromatic nitrogens is 2. The molecule has 3 atom stereocenters. The quantitative estimate of drug-likeness (QED) is 0.773. The summed E-state index contributed by atoms with van der Waals surface area (Å²) in [5, 5.41) is 6.92. The number of anilines is 1. The van der Waals surface area contributed by atoms with E-state index >= 15 is 0 Å². The molecule has 2 unspecified atom stereocenters. The maximum atomic E-state index is 12.5. The fourth-order valence-electron chi connectivity index (χ4n) is 3.33. The van der Waals surface area contributed by atoms with E-state index in [0.717, 1.165) is 5.56 Å². The Labute approximate surface area is 164 Å². The molecule has 1 saturated heterocycles. The summed E-state index contributed by atoms with van der Waals surface area (Å²) in [5.74, 6) is -0.311. The van der Waals surface area contributed by atoms with Crippen LogP contribution in [0.3, 0.4) is 0 Å². The van der Waals surface area contributed by atoms with Gasteiger partial charge in [-0.1, -0.05) is 30.3 Å². The Morgan fingerprint density at radius 1 is 1.25 bits per heavy atom. The van der Waals surface area contributed by atoms with E-state index in [1.165, 1.54) is 10.9 Å². The second kappa shape index (κ2) is 8.99. The Morgan fingerprint density at radius 3 is 2.61 bits per heavy atom. The molecule has 0 aliphatic carbocycles. The minimum Gasteiger partial charge on any atom is -0.372 e. The van der Waals surface area contributed by atoms with Gasteiger partial charge in [-0.05, 0) is 25.8 Å². The molecular weight excluding hydrogens is 358 g/mol. The third-order valence-corrected chi connectivity index (χ3v) is 4.61. The van der Waals surface area contributed by atoms with E-state index < -0.39 is 6.04 Å². The first-order valence-corrected chi connectivity index (χ1v) is 9.46. The number of morpholine rings is 1. The van der Waals surface area contributed by atoms with Crippen molar-refractivity contribution in [3.8, 4) is 0 Å². The van der Waals surface area contributed by atoms with Crippen LogP contribution in [0.25, 0.3) is 0 Å². The van der Waals surface area contributed by atoms with Crippen molar-refractivity contribution in [1.82, 2.24) is 14.7 Å². The van der Waals surface area contributed by atoms with Gasteiger partial charge in [-0.3, -0.25) is 14.3 Å². The molecule has 1 aromatic carbocycles. The molecule has 1 fully saturated rings. The largest absolute Gasteiger partial charge is 0.372 e. The first-order valence-electron chi connectivity index (χ1n) is 9.46. The van der Waals surface area contributed by atoms with E-state index in [9.17, 15) is 9.59 Å². The number of ether oxygens (including phenoxy) is 1. The molecule has 3 rings (SSSR count). The number of rotatable bonds is 6. The summed E-state index contributed by atoms with van der Waals surface area (Å²) in [5.41, 5.74) is 7.52. The van der Waals surface area contributed by atoms with Crippen LogP contribution in [-0.4, -0.2) is 57.8 Å². The second-order valence-electron chi connectivity index (χ2n) is 7.27. The van der Waals surface area contributed by atoms with E-state index in [1.54, 1.807) is 11.1 Å². The number of hydrogen-bond acceptors (Lipinski definition) is 5. The number of nitrogens with two attached hydrogens (primary N) is 1. The van der Waals surface area contributed by atoms with Crippen molar-refractivity contribution in [2.75, 3.05) is 18.4 Å². The number of carbonyl (C=O) groups excluding carboxylic acids is 2. The molecule has 2 heterocycles. The van der Waals surface area contributed by atoms with Gasteiger partial charge in [0.25, 0.3) is 0 Å². The summed E-state index contributed by atoms with van der Waals surface area (Å²) in [7, 11) is 0. The van der Waals surface area contributed by atoms with Crippen LogP contribution in [-0.2, 0) is 27.3 Å². The van der Waals surface area contributed by atoms with E-state index in [4.69, 9.17) is 10.5 Å². The van der Waals surface area contributed by atoms with Gasteiger partial charge in [0.05, 0.1) is 30.1 Å². The third kappa shape index (κ3) is 5.40. The molecule has 1 aliphatic rings. The lowest BCUT2D eigenvalue weighted by Crippen LogP contribution is -2.49. The first-order chi connectivity index (χ1) is 13.4. The van der Waals surface area contributed by atoms with Crippen molar-refractivity contribution in [3.05, 3.63) is 48.3 Å². The fraction of sp³-hybridized carbons (Fsp3) is 0.450. The molecule has 0 saturated carbocycles. The van der Waals surface area contributed by atoms with Crippen LogP contribution >= 0.6 is 0 Å². The third-order valence-electron chi connectivity index (χ3n) is 4.61. The van der Waals surface area contributed by atoms with Gasteiger partial charge in [0.15, 0.2) is 0 Å². The topological polar surface area (TPSA) is 102 Å². The highest BCUT2D eigenvalue weighted by molar-refractivity contribution is 5.94. The molecule has 1 aliphatic heterocycles. The first kappa shape index (κ1) is 20.0. The number of carbonyl (C=O) groups is 2. The van der Waals surface area contributed by atoms with Crippen LogP contribution in [0.15, 0.2) is 42.7 Å². The van der Waals surface area contributed by atoms with Crippen LogP contribution in [0, 0.1) is 0 Å². The summed E-state index contributed by atoms with van der Waals surface area (Å²) in [6.45, 7) is 5.17. The predicted molar refractivity (Wildman–Crippen MR) is 106 cm³/mol. The van der Waals surface area contributed by atoms with Crippen LogP contribution in [0.2, 0.25) is 0 Å². The van der Waals surface area contributed by atoms with Gasteiger partial charge in [0.2, 0.25) is 11.8 Å². The van der Waals surface area contributed by atoms with Gasteiger partial charge in [-0.15, -0.1) is 0 Å². The molecule has 3 N–H and O–H groups in total. The summed E-state index contributed by atoms with van der Waals surface area (Å²) >= 11 is 0. The average molecular weight is 385 g/mol. The molecule has 0 spiro atoms. The number of nitrogens with zero attached hydrogens (tertiary/aromatic N) is 3. The maximum absolute atomic E-state index is 12.5.